The van der Waals surface area contributed by atoms with Crippen molar-refractivity contribution in [3.8, 4) is 0 Å². The van der Waals surface area contributed by atoms with Crippen LogP contribution in [-0.2, 0) is 10.0 Å². The molecule has 0 unspecified atom stereocenters. The molecular formula is C11H6BrCl2FN2O2S. The highest BCUT2D eigenvalue weighted by Crippen LogP contribution is 2.34. The van der Waals surface area contributed by atoms with Crippen LogP contribution < -0.4 is 4.72 Å². The van der Waals surface area contributed by atoms with Crippen molar-refractivity contribution in [1.82, 2.24) is 4.98 Å². The third-order valence-electron chi connectivity index (χ3n) is 2.26. The normalized spacial score (nSPS) is 11.4. The van der Waals surface area contributed by atoms with E-state index in [-0.39, 0.29) is 25.2 Å². The van der Waals surface area contributed by atoms with Crippen LogP contribution in [0.5, 0.6) is 0 Å². The van der Waals surface area contributed by atoms with Crippen LogP contribution >= 0.6 is 39.1 Å². The first-order valence-electron chi connectivity index (χ1n) is 5.09. The van der Waals surface area contributed by atoms with Crippen LogP contribution in [0.1, 0.15) is 0 Å². The van der Waals surface area contributed by atoms with E-state index in [1.165, 1.54) is 18.3 Å². The average molecular weight is 400 g/mol. The number of nitrogens with zero attached hydrogens (tertiary/aromatic N) is 1. The molecule has 9 heteroatoms. The lowest BCUT2D eigenvalue weighted by Crippen LogP contribution is -2.14. The molecule has 1 heterocycles. The van der Waals surface area contributed by atoms with Crippen molar-refractivity contribution >= 4 is 54.8 Å². The number of aromatic nitrogens is 1. The molecule has 0 fully saturated rings. The summed E-state index contributed by atoms with van der Waals surface area (Å²) in [6.45, 7) is 0. The van der Waals surface area contributed by atoms with E-state index in [1.807, 2.05) is 0 Å². The summed E-state index contributed by atoms with van der Waals surface area (Å²) in [5, 5.41) is -0.255. The van der Waals surface area contributed by atoms with Gasteiger partial charge in [-0.15, -0.1) is 0 Å². The number of benzene rings is 1. The quantitative estimate of drug-likeness (QED) is 0.790. The van der Waals surface area contributed by atoms with Gasteiger partial charge in [-0.1, -0.05) is 23.2 Å². The Labute approximate surface area is 133 Å². The minimum atomic E-state index is -3.98. The molecule has 0 saturated heterocycles. The molecule has 0 aliphatic heterocycles. The van der Waals surface area contributed by atoms with E-state index in [9.17, 15) is 12.8 Å². The number of nitrogens with one attached hydrogen (secondary N) is 1. The highest BCUT2D eigenvalue weighted by Gasteiger charge is 2.21. The van der Waals surface area contributed by atoms with E-state index < -0.39 is 15.8 Å². The van der Waals surface area contributed by atoms with Crippen LogP contribution in [0.2, 0.25) is 10.2 Å². The van der Waals surface area contributed by atoms with Gasteiger partial charge in [0.05, 0.1) is 10.7 Å². The minimum absolute atomic E-state index is 0.0213. The second-order valence-corrected chi connectivity index (χ2v) is 6.91. The Kier molecular flexibility index (Phi) is 4.53. The maximum Gasteiger partial charge on any atom is 0.265 e. The summed E-state index contributed by atoms with van der Waals surface area (Å²) in [7, 11) is -3.98. The SMILES string of the molecule is O=S(=O)(Nc1c(Cl)cc(F)cc1Br)c1cccnc1Cl. The highest BCUT2D eigenvalue weighted by atomic mass is 79.9. The van der Waals surface area contributed by atoms with Crippen LogP contribution in [0.4, 0.5) is 10.1 Å². The van der Waals surface area contributed by atoms with Gasteiger partial charge in [0.15, 0.2) is 0 Å². The predicted octanol–water partition coefficient (Wildman–Crippen LogP) is 4.09. The van der Waals surface area contributed by atoms with Gasteiger partial charge in [-0.2, -0.15) is 0 Å². The molecule has 2 rings (SSSR count). The smallest absolute Gasteiger partial charge is 0.265 e. The molecule has 0 atom stereocenters. The standard InChI is InChI=1S/C11H6BrCl2FN2O2S/c12-7-4-6(15)5-8(13)10(7)17-20(18,19)9-2-1-3-16-11(9)14/h1-5,17H. The van der Waals surface area contributed by atoms with Crippen molar-refractivity contribution in [2.45, 2.75) is 4.90 Å². The molecule has 0 amide bonds. The molecule has 0 saturated carbocycles. The summed E-state index contributed by atoms with van der Waals surface area (Å²) >= 11 is 14.6. The monoisotopic (exact) mass is 398 g/mol. The number of pyridine rings is 1. The molecule has 106 valence electrons. The van der Waals surface area contributed by atoms with Crippen LogP contribution in [0.15, 0.2) is 39.8 Å². The second-order valence-electron chi connectivity index (χ2n) is 3.64. The molecular weight excluding hydrogens is 394 g/mol. The van der Waals surface area contributed by atoms with Crippen molar-refractivity contribution in [2.75, 3.05) is 4.72 Å². The highest BCUT2D eigenvalue weighted by molar-refractivity contribution is 9.10. The molecule has 0 aliphatic rings. The topological polar surface area (TPSA) is 59.1 Å². The first kappa shape index (κ1) is 15.5. The summed E-state index contributed by atoms with van der Waals surface area (Å²) in [4.78, 5) is 3.49. The van der Waals surface area contributed by atoms with Crippen molar-refractivity contribution in [3.63, 3.8) is 0 Å². The fourth-order valence-electron chi connectivity index (χ4n) is 1.40. The Balaban J connectivity index is 2.47. The zero-order valence-electron chi connectivity index (χ0n) is 9.57. The largest absolute Gasteiger partial charge is 0.277 e. The third kappa shape index (κ3) is 3.22. The van der Waals surface area contributed by atoms with Crippen LogP contribution in [0.3, 0.4) is 0 Å². The maximum atomic E-state index is 13.1. The van der Waals surface area contributed by atoms with Gasteiger partial charge in [0.25, 0.3) is 10.0 Å². The summed E-state index contributed by atoms with van der Waals surface area (Å²) in [6.07, 6.45) is 1.36. The van der Waals surface area contributed by atoms with E-state index in [0.717, 1.165) is 12.1 Å². The molecule has 4 nitrogen and oxygen atoms in total. The molecule has 1 aromatic heterocycles. The summed E-state index contributed by atoms with van der Waals surface area (Å²) < 4.78 is 39.9. The lowest BCUT2D eigenvalue weighted by Gasteiger charge is -2.12. The van der Waals surface area contributed by atoms with Gasteiger partial charge < -0.3 is 0 Å². The van der Waals surface area contributed by atoms with Gasteiger partial charge in [0, 0.05) is 10.7 Å². The number of sulfonamides is 1. The Morgan fingerprint density at radius 3 is 2.60 bits per heavy atom. The fourth-order valence-corrected chi connectivity index (χ4v) is 4.04. The van der Waals surface area contributed by atoms with E-state index in [0.29, 0.717) is 0 Å². The second kappa shape index (κ2) is 5.85. The maximum absolute atomic E-state index is 13.1. The van der Waals surface area contributed by atoms with Gasteiger partial charge in [-0.3, -0.25) is 4.72 Å². The zero-order chi connectivity index (χ0) is 14.9. The van der Waals surface area contributed by atoms with Gasteiger partial charge >= 0.3 is 0 Å². The fraction of sp³-hybridized carbons (Fsp3) is 0. The number of halogens is 4. The van der Waals surface area contributed by atoms with E-state index in [1.54, 1.807) is 0 Å². The molecule has 0 aliphatic carbocycles. The van der Waals surface area contributed by atoms with Gasteiger partial charge in [0.1, 0.15) is 15.9 Å². The molecule has 0 radical (unpaired) electrons. The Hall–Kier alpha value is -0.890. The number of rotatable bonds is 3. The summed E-state index contributed by atoms with van der Waals surface area (Å²) in [6, 6.07) is 4.81. The molecule has 1 aromatic carbocycles. The number of anilines is 1. The van der Waals surface area contributed by atoms with Gasteiger partial charge in [-0.05, 0) is 40.2 Å². The van der Waals surface area contributed by atoms with Crippen LogP contribution in [0.25, 0.3) is 0 Å². The number of hydrogen-bond donors (Lipinski definition) is 1. The predicted molar refractivity (Wildman–Crippen MR) is 79.2 cm³/mol. The molecule has 2 aromatic rings. The van der Waals surface area contributed by atoms with Crippen LogP contribution in [-0.4, -0.2) is 13.4 Å². The zero-order valence-corrected chi connectivity index (χ0v) is 13.5. The Bertz CT molecular complexity index is 748. The van der Waals surface area contributed by atoms with Gasteiger partial charge in [-0.25, -0.2) is 17.8 Å². The molecule has 20 heavy (non-hydrogen) atoms. The van der Waals surface area contributed by atoms with Crippen molar-refractivity contribution in [2.24, 2.45) is 0 Å². The summed E-state index contributed by atoms with van der Waals surface area (Å²) in [5.41, 5.74) is 0.0213. The molecule has 1 N–H and O–H groups in total. The van der Waals surface area contributed by atoms with Crippen molar-refractivity contribution in [3.05, 3.63) is 50.9 Å². The lowest BCUT2D eigenvalue weighted by molar-refractivity contribution is 0.600. The van der Waals surface area contributed by atoms with Crippen molar-refractivity contribution < 1.29 is 12.8 Å². The van der Waals surface area contributed by atoms with E-state index in [4.69, 9.17) is 23.2 Å². The van der Waals surface area contributed by atoms with E-state index >= 15 is 0 Å². The first-order chi connectivity index (χ1) is 9.31. The van der Waals surface area contributed by atoms with Crippen molar-refractivity contribution in [1.29, 1.82) is 0 Å². The van der Waals surface area contributed by atoms with Gasteiger partial charge in [0.2, 0.25) is 0 Å². The van der Waals surface area contributed by atoms with E-state index in [2.05, 4.69) is 25.6 Å². The molecule has 0 bridgehead atoms. The average Bonchev–Trinajstić information content (AvgIpc) is 2.34. The Morgan fingerprint density at radius 1 is 1.30 bits per heavy atom. The molecule has 0 spiro atoms. The number of hydrogen-bond acceptors (Lipinski definition) is 3. The minimum Gasteiger partial charge on any atom is -0.277 e. The Morgan fingerprint density at radius 2 is 2.00 bits per heavy atom. The summed E-state index contributed by atoms with van der Waals surface area (Å²) in [5.74, 6) is -0.593. The first-order valence-corrected chi connectivity index (χ1v) is 8.12. The van der Waals surface area contributed by atoms with Crippen LogP contribution in [0, 0.1) is 5.82 Å². The lowest BCUT2D eigenvalue weighted by atomic mass is 10.3. The third-order valence-corrected chi connectivity index (χ3v) is 4.98.